The van der Waals surface area contributed by atoms with Gasteiger partial charge in [0.25, 0.3) is 5.22 Å². The van der Waals surface area contributed by atoms with Crippen LogP contribution in [0.15, 0.2) is 33.9 Å². The summed E-state index contributed by atoms with van der Waals surface area (Å²) in [6.07, 6.45) is 3.35. The topological polar surface area (TPSA) is 58.3 Å². The molecule has 1 unspecified atom stereocenters. The Bertz CT molecular complexity index is 549. The largest absolute Gasteiger partial charge is 0.431 e. The average molecular weight is 292 g/mol. The summed E-state index contributed by atoms with van der Waals surface area (Å²) in [5.74, 6) is 0.879. The first kappa shape index (κ1) is 13.9. The molecule has 0 spiro atoms. The Morgan fingerprint density at radius 3 is 2.95 bits per heavy atom. The molecular weight excluding hydrogens is 272 g/mol. The van der Waals surface area contributed by atoms with Crippen LogP contribution in [0.4, 0.5) is 0 Å². The zero-order chi connectivity index (χ0) is 14.0. The van der Waals surface area contributed by atoms with Crippen LogP contribution in [0.25, 0.3) is 11.1 Å². The monoisotopic (exact) mass is 292 g/mol. The van der Waals surface area contributed by atoms with Crippen molar-refractivity contribution in [3.8, 4) is 0 Å². The minimum atomic E-state index is -0.194. The van der Waals surface area contributed by atoms with Gasteiger partial charge in [-0.25, -0.2) is 4.98 Å². The van der Waals surface area contributed by atoms with Crippen molar-refractivity contribution in [2.24, 2.45) is 0 Å². The van der Waals surface area contributed by atoms with E-state index in [1.54, 1.807) is 11.8 Å². The van der Waals surface area contributed by atoms with Crippen molar-refractivity contribution in [1.82, 2.24) is 10.3 Å². The highest BCUT2D eigenvalue weighted by Crippen LogP contribution is 2.27. The van der Waals surface area contributed by atoms with Crippen molar-refractivity contribution >= 4 is 22.9 Å². The lowest BCUT2D eigenvalue weighted by Gasteiger charge is -2.28. The van der Waals surface area contributed by atoms with E-state index in [1.165, 1.54) is 12.8 Å². The fourth-order valence-corrected chi connectivity index (χ4v) is 3.23. The Balaban J connectivity index is 1.55. The van der Waals surface area contributed by atoms with Gasteiger partial charge in [0.1, 0.15) is 5.52 Å². The molecule has 5 heteroatoms. The first-order valence-electron chi connectivity index (χ1n) is 7.05. The molecule has 1 fully saturated rings. The first-order chi connectivity index (χ1) is 9.68. The maximum absolute atomic E-state index is 9.56. The van der Waals surface area contributed by atoms with Gasteiger partial charge in [-0.15, -0.1) is 0 Å². The maximum Gasteiger partial charge on any atom is 0.256 e. The van der Waals surface area contributed by atoms with Gasteiger partial charge in [0.2, 0.25) is 0 Å². The van der Waals surface area contributed by atoms with Crippen molar-refractivity contribution in [1.29, 1.82) is 0 Å². The number of aliphatic hydroxyl groups excluding tert-OH is 1. The van der Waals surface area contributed by atoms with Crippen molar-refractivity contribution < 1.29 is 9.52 Å². The van der Waals surface area contributed by atoms with Crippen molar-refractivity contribution in [3.63, 3.8) is 0 Å². The molecular formula is C15H20N2O2S. The van der Waals surface area contributed by atoms with Gasteiger partial charge in [-0.2, -0.15) is 0 Å². The number of oxazole rings is 1. The molecule has 108 valence electrons. The molecule has 2 aromatic rings. The molecule has 2 N–H and O–H groups in total. The molecule has 1 atom stereocenters. The zero-order valence-electron chi connectivity index (χ0n) is 11.6. The molecule has 0 amide bonds. The lowest BCUT2D eigenvalue weighted by molar-refractivity contribution is 0.169. The fraction of sp³-hybridized carbons (Fsp3) is 0.533. The minimum Gasteiger partial charge on any atom is -0.431 e. The Morgan fingerprint density at radius 1 is 1.45 bits per heavy atom. The van der Waals surface area contributed by atoms with E-state index in [1.807, 2.05) is 24.3 Å². The van der Waals surface area contributed by atoms with Gasteiger partial charge >= 0.3 is 0 Å². The minimum absolute atomic E-state index is 0.164. The number of nitrogens with zero attached hydrogens (tertiary/aromatic N) is 1. The number of aromatic nitrogens is 1. The fourth-order valence-electron chi connectivity index (χ4n) is 2.19. The SMILES string of the molecule is CC(CO)(CCSc1nc2ccccc2o1)NC1CC1. The molecule has 0 bridgehead atoms. The number of hydrogen-bond acceptors (Lipinski definition) is 5. The van der Waals surface area contributed by atoms with E-state index in [0.717, 1.165) is 23.3 Å². The van der Waals surface area contributed by atoms with Gasteiger partial charge in [-0.05, 0) is 38.3 Å². The van der Waals surface area contributed by atoms with E-state index < -0.39 is 0 Å². The van der Waals surface area contributed by atoms with E-state index in [2.05, 4.69) is 17.2 Å². The van der Waals surface area contributed by atoms with Crippen molar-refractivity contribution in [2.45, 2.75) is 43.0 Å². The molecule has 0 aliphatic heterocycles. The molecule has 20 heavy (non-hydrogen) atoms. The van der Waals surface area contributed by atoms with E-state index in [9.17, 15) is 5.11 Å². The quantitative estimate of drug-likeness (QED) is 0.769. The summed E-state index contributed by atoms with van der Waals surface area (Å²) >= 11 is 1.61. The number of hydrogen-bond donors (Lipinski definition) is 2. The Kier molecular flexibility index (Phi) is 4.01. The molecule has 1 aliphatic carbocycles. The first-order valence-corrected chi connectivity index (χ1v) is 8.04. The van der Waals surface area contributed by atoms with Crippen LogP contribution in [0.1, 0.15) is 26.2 Å². The number of aliphatic hydroxyl groups is 1. The zero-order valence-corrected chi connectivity index (χ0v) is 12.4. The Labute approximate surface area is 123 Å². The van der Waals surface area contributed by atoms with Crippen molar-refractivity contribution in [2.75, 3.05) is 12.4 Å². The highest BCUT2D eigenvalue weighted by Gasteiger charge is 2.31. The summed E-state index contributed by atoms with van der Waals surface area (Å²) in [7, 11) is 0. The number of thioether (sulfide) groups is 1. The second-order valence-electron chi connectivity index (χ2n) is 5.68. The summed E-state index contributed by atoms with van der Waals surface area (Å²) < 4.78 is 5.68. The summed E-state index contributed by atoms with van der Waals surface area (Å²) in [5, 5.41) is 13.8. The van der Waals surface area contributed by atoms with E-state index in [4.69, 9.17) is 4.42 Å². The third kappa shape index (κ3) is 3.34. The number of para-hydroxylation sites is 2. The number of benzene rings is 1. The third-order valence-electron chi connectivity index (χ3n) is 3.63. The predicted molar refractivity (Wildman–Crippen MR) is 81.0 cm³/mol. The predicted octanol–water partition coefficient (Wildman–Crippen LogP) is 2.81. The third-order valence-corrected chi connectivity index (χ3v) is 4.46. The normalized spacial score (nSPS) is 18.3. The smallest absolute Gasteiger partial charge is 0.256 e. The summed E-state index contributed by atoms with van der Waals surface area (Å²) in [6, 6.07) is 8.39. The van der Waals surface area contributed by atoms with Gasteiger partial charge in [-0.1, -0.05) is 23.9 Å². The number of fused-ring (bicyclic) bond motifs is 1. The van der Waals surface area contributed by atoms with Gasteiger partial charge in [0.15, 0.2) is 5.58 Å². The van der Waals surface area contributed by atoms with Gasteiger partial charge in [0.05, 0.1) is 6.61 Å². The number of nitrogens with one attached hydrogen (secondary N) is 1. The van der Waals surface area contributed by atoms with Gasteiger partial charge in [0, 0.05) is 17.3 Å². The molecule has 3 rings (SSSR count). The molecule has 1 aromatic carbocycles. The summed E-state index contributed by atoms with van der Waals surface area (Å²) in [4.78, 5) is 4.44. The van der Waals surface area contributed by atoms with Crippen LogP contribution in [0.3, 0.4) is 0 Å². The standard InChI is InChI=1S/C15H20N2O2S/c1-15(10-18,17-11-6-7-11)8-9-20-14-16-12-4-2-3-5-13(12)19-14/h2-5,11,17-18H,6-10H2,1H3. The van der Waals surface area contributed by atoms with Crippen LogP contribution >= 0.6 is 11.8 Å². The molecule has 1 aliphatic rings. The van der Waals surface area contributed by atoms with E-state index in [0.29, 0.717) is 11.3 Å². The Morgan fingerprint density at radius 2 is 2.25 bits per heavy atom. The van der Waals surface area contributed by atoms with E-state index >= 15 is 0 Å². The second-order valence-corrected chi connectivity index (χ2v) is 6.73. The van der Waals surface area contributed by atoms with Crippen LogP contribution in [-0.4, -0.2) is 34.0 Å². The lowest BCUT2D eigenvalue weighted by atomic mass is 10.0. The summed E-state index contributed by atoms with van der Waals surface area (Å²) in [6.45, 7) is 2.25. The lowest BCUT2D eigenvalue weighted by Crippen LogP contribution is -2.47. The molecule has 4 nitrogen and oxygen atoms in total. The molecule has 1 heterocycles. The summed E-state index contributed by atoms with van der Waals surface area (Å²) in [5.41, 5.74) is 1.53. The highest BCUT2D eigenvalue weighted by molar-refractivity contribution is 7.99. The van der Waals surface area contributed by atoms with Crippen molar-refractivity contribution in [3.05, 3.63) is 24.3 Å². The number of rotatable bonds is 7. The van der Waals surface area contributed by atoms with Gasteiger partial charge in [-0.3, -0.25) is 0 Å². The van der Waals surface area contributed by atoms with Crippen LogP contribution in [0.5, 0.6) is 0 Å². The van der Waals surface area contributed by atoms with E-state index in [-0.39, 0.29) is 12.1 Å². The van der Waals surface area contributed by atoms with Crippen LogP contribution < -0.4 is 5.32 Å². The maximum atomic E-state index is 9.56. The average Bonchev–Trinajstić information content (AvgIpc) is 3.15. The molecule has 0 saturated heterocycles. The molecule has 0 radical (unpaired) electrons. The van der Waals surface area contributed by atoms with Crippen LogP contribution in [0, 0.1) is 0 Å². The second kappa shape index (κ2) is 5.76. The Hall–Kier alpha value is -1.04. The van der Waals surface area contributed by atoms with Crippen LogP contribution in [-0.2, 0) is 0 Å². The van der Waals surface area contributed by atoms with Crippen LogP contribution in [0.2, 0.25) is 0 Å². The molecule has 1 saturated carbocycles. The van der Waals surface area contributed by atoms with Gasteiger partial charge < -0.3 is 14.8 Å². The highest BCUT2D eigenvalue weighted by atomic mass is 32.2. The molecule has 1 aromatic heterocycles.